The van der Waals surface area contributed by atoms with Crippen molar-refractivity contribution in [1.82, 2.24) is 0 Å². The molecule has 22 heavy (non-hydrogen) atoms. The first kappa shape index (κ1) is 17.5. The van der Waals surface area contributed by atoms with Gasteiger partial charge in [-0.2, -0.15) is 0 Å². The quantitative estimate of drug-likeness (QED) is 0.577. The molecule has 0 aliphatic heterocycles. The Morgan fingerprint density at radius 2 is 1.14 bits per heavy atom. The minimum absolute atomic E-state index is 1.20. The van der Waals surface area contributed by atoms with Gasteiger partial charge in [-0.15, -0.1) is 0 Å². The Labute approximate surface area is 150 Å². The first-order chi connectivity index (χ1) is 10.8. The first-order valence-corrected chi connectivity index (χ1v) is 9.76. The van der Waals surface area contributed by atoms with E-state index in [-0.39, 0.29) is 0 Å². The van der Waals surface area contributed by atoms with Crippen molar-refractivity contribution in [2.24, 2.45) is 0 Å². The van der Waals surface area contributed by atoms with Crippen LogP contribution in [-0.2, 0) is 37.1 Å². The van der Waals surface area contributed by atoms with Gasteiger partial charge in [0.15, 0.2) is 0 Å². The summed E-state index contributed by atoms with van der Waals surface area (Å²) >= 11 is 1.51. The average Bonchev–Trinajstić information content (AvgIpc) is 2.58. The molecule has 0 amide bonds. The molecule has 0 fully saturated rings. The van der Waals surface area contributed by atoms with Crippen molar-refractivity contribution < 1.29 is 24.2 Å². The number of aryl methyl sites for hydroxylation is 2. The van der Waals surface area contributed by atoms with Crippen molar-refractivity contribution in [3.63, 3.8) is 0 Å². The second-order valence-electron chi connectivity index (χ2n) is 5.90. The van der Waals surface area contributed by atoms with E-state index in [1.165, 1.54) is 88.2 Å². The van der Waals surface area contributed by atoms with E-state index in [1.807, 2.05) is 0 Å². The van der Waals surface area contributed by atoms with Crippen LogP contribution in [0.25, 0.3) is 0 Å². The number of hydrogen-bond donors (Lipinski definition) is 0. The van der Waals surface area contributed by atoms with Gasteiger partial charge in [0, 0.05) is 0 Å². The van der Waals surface area contributed by atoms with Crippen LogP contribution in [0.4, 0.5) is 0 Å². The van der Waals surface area contributed by atoms with Crippen molar-refractivity contribution in [3.8, 4) is 0 Å². The Balaban J connectivity index is 2.32. The van der Waals surface area contributed by atoms with Crippen LogP contribution in [0.15, 0.2) is 48.5 Å². The Kier molecular flexibility index (Phi) is 7.46. The summed E-state index contributed by atoms with van der Waals surface area (Å²) in [5, 5.41) is 0. The van der Waals surface area contributed by atoms with Crippen LogP contribution in [0.2, 0.25) is 0 Å². The zero-order chi connectivity index (χ0) is 15.8. The zero-order valence-corrected chi connectivity index (χ0v) is 16.3. The van der Waals surface area contributed by atoms with Gasteiger partial charge in [-0.1, -0.05) is 0 Å². The summed E-state index contributed by atoms with van der Waals surface area (Å²) in [7, 11) is 0. The molecule has 2 aromatic carbocycles. The minimum atomic E-state index is 1.20. The van der Waals surface area contributed by atoms with Gasteiger partial charge in [0.25, 0.3) is 0 Å². The van der Waals surface area contributed by atoms with E-state index in [9.17, 15) is 0 Å². The van der Waals surface area contributed by atoms with Gasteiger partial charge >= 0.3 is 151 Å². The maximum atomic E-state index is 2.31. The summed E-state index contributed by atoms with van der Waals surface area (Å²) in [5.41, 5.74) is 5.97. The summed E-state index contributed by atoms with van der Waals surface area (Å²) in [6.07, 6.45) is 7.46. The molecule has 0 heterocycles. The second-order valence-corrected chi connectivity index (χ2v) is 7.13. The van der Waals surface area contributed by atoms with Gasteiger partial charge in [-0.25, -0.2) is 0 Å². The number of unbranched alkanes of at least 4 members (excludes halogenated alkanes) is 2. The first-order valence-electron chi connectivity index (χ1n) is 8.53. The summed E-state index contributed by atoms with van der Waals surface area (Å²) in [5.74, 6) is 0. The van der Waals surface area contributed by atoms with E-state index < -0.39 is 0 Å². The molecule has 0 unspecified atom stereocenters. The Morgan fingerprint density at radius 3 is 1.55 bits per heavy atom. The molecule has 0 radical (unpaired) electrons. The third-order valence-electron chi connectivity index (χ3n) is 4.17. The van der Waals surface area contributed by atoms with Gasteiger partial charge in [-0.3, -0.25) is 0 Å². The molecule has 0 aliphatic carbocycles. The fraction of sp³-hybridized carbons (Fsp3) is 0.381. The standard InChI is InChI=1S/C21H26.Zr/c1-3-5-11-18-13-7-9-15-20(18)17-21-16-10-8-14-19(21)12-6-4-2;/h7-10,13-16H,3-6,11-12H2,1-2H3;/q;+2. The summed E-state index contributed by atoms with van der Waals surface area (Å²) in [4.78, 5) is 0. The monoisotopic (exact) mass is 368 g/mol. The van der Waals surface area contributed by atoms with E-state index in [0.29, 0.717) is 0 Å². The van der Waals surface area contributed by atoms with E-state index in [4.69, 9.17) is 0 Å². The molecule has 0 aromatic heterocycles. The van der Waals surface area contributed by atoms with Gasteiger partial charge in [0.05, 0.1) is 0 Å². The molecule has 0 saturated carbocycles. The van der Waals surface area contributed by atoms with E-state index in [2.05, 4.69) is 62.4 Å². The van der Waals surface area contributed by atoms with E-state index in [1.54, 1.807) is 0 Å². The number of rotatable bonds is 8. The van der Waals surface area contributed by atoms with E-state index in [0.717, 1.165) is 0 Å². The third kappa shape index (κ3) is 4.59. The summed E-state index contributed by atoms with van der Waals surface area (Å²) in [6.45, 7) is 4.54. The molecular weight excluding hydrogens is 343 g/mol. The molecule has 0 spiro atoms. The van der Waals surface area contributed by atoms with Crippen LogP contribution >= 0.6 is 0 Å². The Bertz CT molecular complexity index is 559. The molecule has 0 saturated heterocycles. The normalized spacial score (nSPS) is 10.7. The fourth-order valence-electron chi connectivity index (χ4n) is 2.84. The van der Waals surface area contributed by atoms with Gasteiger partial charge < -0.3 is 0 Å². The number of benzene rings is 2. The molecular formula is C21H26Zr+2. The summed E-state index contributed by atoms with van der Waals surface area (Å²) in [6, 6.07) is 18.0. The van der Waals surface area contributed by atoms with Crippen molar-refractivity contribution in [2.45, 2.75) is 52.4 Å². The SMILES string of the molecule is CCCCc1ccccc1[C](=[Zr+2])c1ccccc1CCCC. The number of hydrogen-bond acceptors (Lipinski definition) is 0. The van der Waals surface area contributed by atoms with Gasteiger partial charge in [-0.05, 0) is 0 Å². The van der Waals surface area contributed by atoms with Crippen molar-refractivity contribution in [3.05, 3.63) is 70.8 Å². The van der Waals surface area contributed by atoms with Crippen LogP contribution < -0.4 is 0 Å². The average molecular weight is 370 g/mol. The van der Waals surface area contributed by atoms with Crippen LogP contribution in [0.5, 0.6) is 0 Å². The van der Waals surface area contributed by atoms with Crippen molar-refractivity contribution in [1.29, 1.82) is 0 Å². The third-order valence-corrected chi connectivity index (χ3v) is 5.50. The van der Waals surface area contributed by atoms with Crippen LogP contribution in [-0.4, -0.2) is 3.21 Å². The molecule has 0 bridgehead atoms. The molecule has 0 aliphatic rings. The van der Waals surface area contributed by atoms with Crippen LogP contribution in [0, 0.1) is 0 Å². The molecule has 2 aromatic rings. The Hall–Kier alpha value is -0.807. The predicted molar refractivity (Wildman–Crippen MR) is 93.3 cm³/mol. The maximum absolute atomic E-state index is 2.31. The molecule has 0 nitrogen and oxygen atoms in total. The second kappa shape index (κ2) is 9.36. The fourth-order valence-corrected chi connectivity index (χ4v) is 4.04. The molecule has 1 heteroatoms. The Morgan fingerprint density at radius 1 is 0.727 bits per heavy atom. The summed E-state index contributed by atoms with van der Waals surface area (Å²) < 4.78 is 1.52. The van der Waals surface area contributed by atoms with Gasteiger partial charge in [0.2, 0.25) is 0 Å². The van der Waals surface area contributed by atoms with Crippen LogP contribution in [0.1, 0.15) is 61.8 Å². The molecule has 0 atom stereocenters. The molecule has 112 valence electrons. The van der Waals surface area contributed by atoms with Crippen molar-refractivity contribution in [2.75, 3.05) is 0 Å². The predicted octanol–water partition coefficient (Wildman–Crippen LogP) is 5.49. The van der Waals surface area contributed by atoms with Crippen LogP contribution in [0.3, 0.4) is 0 Å². The van der Waals surface area contributed by atoms with Crippen molar-refractivity contribution >= 4 is 3.21 Å². The van der Waals surface area contributed by atoms with Gasteiger partial charge in [0.1, 0.15) is 0 Å². The topological polar surface area (TPSA) is 0 Å². The molecule has 2 rings (SSSR count). The van der Waals surface area contributed by atoms with E-state index >= 15 is 0 Å². The zero-order valence-electron chi connectivity index (χ0n) is 13.9. The molecule has 0 N–H and O–H groups in total.